The van der Waals surface area contributed by atoms with Crippen LogP contribution in [0.15, 0.2) is 102 Å². The zero-order valence-corrected chi connectivity index (χ0v) is 23.1. The minimum Gasteiger partial charge on any atom is -0.345 e. The molecule has 196 valence electrons. The average Bonchev–Trinajstić information content (AvgIpc) is 3.35. The van der Waals surface area contributed by atoms with Gasteiger partial charge >= 0.3 is 0 Å². The van der Waals surface area contributed by atoms with Crippen LogP contribution in [0.4, 0.5) is 4.39 Å². The quantitative estimate of drug-likeness (QED) is 0.216. The van der Waals surface area contributed by atoms with Gasteiger partial charge in [0.25, 0.3) is 5.91 Å². The molecule has 4 rings (SSSR count). The van der Waals surface area contributed by atoms with Crippen molar-refractivity contribution in [1.29, 1.82) is 0 Å². The molecule has 0 N–H and O–H groups in total. The van der Waals surface area contributed by atoms with Crippen LogP contribution in [0.5, 0.6) is 0 Å². The Kier molecular flexibility index (Phi) is 9.13. The highest BCUT2D eigenvalue weighted by Gasteiger charge is 2.25. The SMILES string of the molecule is CC(C)N(CC(=O)N(Cc1ccccc1)Cc1cccn1Cc1ccc(F)cc1)C(=O)c1ccc(Br)cc1. The van der Waals surface area contributed by atoms with E-state index in [1.54, 1.807) is 34.1 Å². The third-order valence-electron chi connectivity index (χ3n) is 6.39. The Bertz CT molecular complexity index is 1350. The Morgan fingerprint density at radius 1 is 0.842 bits per heavy atom. The van der Waals surface area contributed by atoms with Gasteiger partial charge in [-0.3, -0.25) is 9.59 Å². The fourth-order valence-corrected chi connectivity index (χ4v) is 4.52. The highest BCUT2D eigenvalue weighted by Crippen LogP contribution is 2.17. The van der Waals surface area contributed by atoms with Gasteiger partial charge in [-0.2, -0.15) is 0 Å². The summed E-state index contributed by atoms with van der Waals surface area (Å²) in [7, 11) is 0. The van der Waals surface area contributed by atoms with E-state index in [4.69, 9.17) is 0 Å². The van der Waals surface area contributed by atoms with Gasteiger partial charge in [0.05, 0.1) is 6.54 Å². The first-order valence-electron chi connectivity index (χ1n) is 12.6. The molecule has 0 spiro atoms. The van der Waals surface area contributed by atoms with Crippen molar-refractivity contribution in [2.45, 2.75) is 39.5 Å². The Balaban J connectivity index is 1.56. The van der Waals surface area contributed by atoms with E-state index in [1.165, 1.54) is 12.1 Å². The van der Waals surface area contributed by atoms with Crippen LogP contribution >= 0.6 is 15.9 Å². The topological polar surface area (TPSA) is 45.6 Å². The Morgan fingerprint density at radius 3 is 2.18 bits per heavy atom. The molecular weight excluding hydrogens is 545 g/mol. The minimum atomic E-state index is -0.270. The van der Waals surface area contributed by atoms with Crippen molar-refractivity contribution in [3.63, 3.8) is 0 Å². The van der Waals surface area contributed by atoms with Crippen LogP contribution in [0.25, 0.3) is 0 Å². The number of rotatable bonds is 10. The van der Waals surface area contributed by atoms with Crippen molar-refractivity contribution < 1.29 is 14.0 Å². The normalized spacial score (nSPS) is 11.0. The number of aromatic nitrogens is 1. The largest absolute Gasteiger partial charge is 0.345 e. The molecule has 0 aliphatic rings. The third kappa shape index (κ3) is 7.19. The van der Waals surface area contributed by atoms with E-state index in [0.717, 1.165) is 21.3 Å². The second-order valence-corrected chi connectivity index (χ2v) is 10.4. The van der Waals surface area contributed by atoms with Crippen molar-refractivity contribution in [3.05, 3.63) is 130 Å². The van der Waals surface area contributed by atoms with Crippen LogP contribution in [0.3, 0.4) is 0 Å². The highest BCUT2D eigenvalue weighted by molar-refractivity contribution is 9.10. The molecule has 0 saturated heterocycles. The van der Waals surface area contributed by atoms with Crippen molar-refractivity contribution in [2.24, 2.45) is 0 Å². The van der Waals surface area contributed by atoms with E-state index in [9.17, 15) is 14.0 Å². The summed E-state index contributed by atoms with van der Waals surface area (Å²) in [5, 5.41) is 0. The summed E-state index contributed by atoms with van der Waals surface area (Å²) in [6, 6.07) is 27.2. The van der Waals surface area contributed by atoms with E-state index < -0.39 is 0 Å². The zero-order valence-electron chi connectivity index (χ0n) is 21.6. The van der Waals surface area contributed by atoms with E-state index in [2.05, 4.69) is 20.5 Å². The molecule has 0 aliphatic carbocycles. The smallest absolute Gasteiger partial charge is 0.254 e. The number of benzene rings is 3. The maximum Gasteiger partial charge on any atom is 0.254 e. The molecule has 0 radical (unpaired) electrons. The molecule has 0 bridgehead atoms. The predicted molar refractivity (Wildman–Crippen MR) is 151 cm³/mol. The summed E-state index contributed by atoms with van der Waals surface area (Å²) in [5.41, 5.74) is 3.47. The number of amides is 2. The molecule has 0 saturated carbocycles. The molecule has 2 amide bonds. The van der Waals surface area contributed by atoms with Crippen molar-refractivity contribution >= 4 is 27.7 Å². The van der Waals surface area contributed by atoms with Gasteiger partial charge in [-0.05, 0) is 73.5 Å². The van der Waals surface area contributed by atoms with Gasteiger partial charge in [0, 0.05) is 41.1 Å². The van der Waals surface area contributed by atoms with Gasteiger partial charge in [-0.1, -0.05) is 58.4 Å². The summed E-state index contributed by atoms with van der Waals surface area (Å²) in [6.45, 7) is 5.16. The van der Waals surface area contributed by atoms with Crippen LogP contribution in [-0.4, -0.2) is 38.8 Å². The zero-order chi connectivity index (χ0) is 27.1. The molecule has 0 atom stereocenters. The number of halogens is 2. The van der Waals surface area contributed by atoms with Gasteiger partial charge in [-0.15, -0.1) is 0 Å². The molecule has 7 heteroatoms. The molecule has 0 fully saturated rings. The van der Waals surface area contributed by atoms with Crippen LogP contribution in [-0.2, 0) is 24.4 Å². The van der Waals surface area contributed by atoms with Crippen LogP contribution in [0, 0.1) is 5.82 Å². The van der Waals surface area contributed by atoms with Crippen LogP contribution < -0.4 is 0 Å². The molecule has 38 heavy (non-hydrogen) atoms. The molecule has 3 aromatic carbocycles. The van der Waals surface area contributed by atoms with Gasteiger partial charge in [0.2, 0.25) is 5.91 Å². The molecule has 1 aromatic heterocycles. The lowest BCUT2D eigenvalue weighted by Crippen LogP contribution is -2.45. The van der Waals surface area contributed by atoms with Gasteiger partial charge < -0.3 is 14.4 Å². The summed E-state index contributed by atoms with van der Waals surface area (Å²) < 4.78 is 16.3. The Hall–Kier alpha value is -3.71. The molecule has 1 heterocycles. The number of carbonyl (C=O) groups is 2. The molecular formula is C31H31BrFN3O2. The second kappa shape index (κ2) is 12.7. The summed E-state index contributed by atoms with van der Waals surface area (Å²) in [4.78, 5) is 30.5. The van der Waals surface area contributed by atoms with Gasteiger partial charge in [0.15, 0.2) is 0 Å². The molecule has 0 unspecified atom stereocenters. The van der Waals surface area contributed by atoms with E-state index >= 15 is 0 Å². The van der Waals surface area contributed by atoms with E-state index in [1.807, 2.05) is 74.6 Å². The predicted octanol–water partition coefficient (Wildman–Crippen LogP) is 6.52. The number of nitrogens with zero attached hydrogens (tertiary/aromatic N) is 3. The first-order valence-corrected chi connectivity index (χ1v) is 13.4. The van der Waals surface area contributed by atoms with Gasteiger partial charge in [-0.25, -0.2) is 4.39 Å². The third-order valence-corrected chi connectivity index (χ3v) is 6.92. The first-order chi connectivity index (χ1) is 18.3. The summed E-state index contributed by atoms with van der Waals surface area (Å²) in [6.07, 6.45) is 1.96. The maximum absolute atomic E-state index is 13.8. The monoisotopic (exact) mass is 575 g/mol. The van der Waals surface area contributed by atoms with Crippen molar-refractivity contribution in [2.75, 3.05) is 6.54 Å². The average molecular weight is 577 g/mol. The van der Waals surface area contributed by atoms with Crippen molar-refractivity contribution in [3.8, 4) is 0 Å². The van der Waals surface area contributed by atoms with Crippen molar-refractivity contribution in [1.82, 2.24) is 14.4 Å². The second-order valence-electron chi connectivity index (χ2n) is 9.52. The Labute approximate surface area is 231 Å². The maximum atomic E-state index is 13.8. The van der Waals surface area contributed by atoms with Gasteiger partial charge in [0.1, 0.15) is 12.4 Å². The lowest BCUT2D eigenvalue weighted by Gasteiger charge is -2.30. The first kappa shape index (κ1) is 27.3. The number of carbonyl (C=O) groups excluding carboxylic acids is 2. The fourth-order valence-electron chi connectivity index (χ4n) is 4.26. The number of hydrogen-bond acceptors (Lipinski definition) is 2. The summed E-state index contributed by atoms with van der Waals surface area (Å²) in [5.74, 6) is -0.587. The van der Waals surface area contributed by atoms with E-state index in [-0.39, 0.29) is 30.2 Å². The molecule has 4 aromatic rings. The highest BCUT2D eigenvalue weighted by atomic mass is 79.9. The fraction of sp³-hybridized carbons (Fsp3) is 0.226. The summed E-state index contributed by atoms with van der Waals surface area (Å²) >= 11 is 3.40. The number of hydrogen-bond donors (Lipinski definition) is 0. The minimum absolute atomic E-state index is 0.0297. The molecule has 5 nitrogen and oxygen atoms in total. The van der Waals surface area contributed by atoms with Crippen LogP contribution in [0.2, 0.25) is 0 Å². The molecule has 0 aliphatic heterocycles. The standard InChI is InChI=1S/C31H31BrFN3O2/c1-23(2)36(31(38)26-12-14-27(32)15-13-26)22-30(37)35(20-24-7-4-3-5-8-24)21-29-9-6-18-34(29)19-25-10-16-28(33)17-11-25/h3-18,23H,19-22H2,1-2H3. The van der Waals surface area contributed by atoms with E-state index in [0.29, 0.717) is 25.2 Å². The van der Waals surface area contributed by atoms with Crippen LogP contribution in [0.1, 0.15) is 41.0 Å². The Morgan fingerprint density at radius 2 is 1.53 bits per heavy atom. The lowest BCUT2D eigenvalue weighted by molar-refractivity contribution is -0.133. The lowest BCUT2D eigenvalue weighted by atomic mass is 10.1.